The van der Waals surface area contributed by atoms with Crippen LogP contribution in [0, 0.1) is 0 Å². The van der Waals surface area contributed by atoms with Crippen LogP contribution in [0.5, 0.6) is 0 Å². The smallest absolute Gasteiger partial charge is 0.256 e. The summed E-state index contributed by atoms with van der Waals surface area (Å²) in [5.41, 5.74) is 0.715. The first-order valence-electron chi connectivity index (χ1n) is 9.14. The summed E-state index contributed by atoms with van der Waals surface area (Å²) in [5.74, 6) is -0.679. The molecule has 0 aliphatic carbocycles. The Labute approximate surface area is 168 Å². The number of nitrogens with one attached hydrogen (secondary N) is 2. The number of carbonyl (C=O) groups excluding carboxylic acids is 2. The number of benzene rings is 1. The van der Waals surface area contributed by atoms with Crippen LogP contribution in [-0.4, -0.2) is 44.7 Å². The molecule has 1 saturated heterocycles. The fourth-order valence-corrected chi connectivity index (χ4v) is 5.40. The van der Waals surface area contributed by atoms with Crippen LogP contribution in [0.25, 0.3) is 0 Å². The molecule has 7 nitrogen and oxygen atoms in total. The molecule has 2 amide bonds. The summed E-state index contributed by atoms with van der Waals surface area (Å²) in [4.78, 5) is 24.5. The Morgan fingerprint density at radius 3 is 2.21 bits per heavy atom. The number of carbonyl (C=O) groups is 2. The standard InChI is InChI=1S/C19H23N3O4S2/c1-20-18(24)16-10-13-27-19(16)21-17(23)14-6-8-15(9-7-14)28(25,26)22-11-4-2-3-5-12-22/h6-10,13H,2-5,11-12H2,1H3,(H,20,24)(H,21,23). The number of anilines is 1. The molecule has 2 aromatic rings. The predicted molar refractivity (Wildman–Crippen MR) is 109 cm³/mol. The summed E-state index contributed by atoms with van der Waals surface area (Å²) in [6.45, 7) is 1.07. The number of sulfonamides is 1. The van der Waals surface area contributed by atoms with Crippen LogP contribution < -0.4 is 10.6 Å². The van der Waals surface area contributed by atoms with Crippen LogP contribution in [-0.2, 0) is 10.0 Å². The molecule has 28 heavy (non-hydrogen) atoms. The summed E-state index contributed by atoms with van der Waals surface area (Å²) in [7, 11) is -2.03. The highest BCUT2D eigenvalue weighted by Crippen LogP contribution is 2.25. The summed E-state index contributed by atoms with van der Waals surface area (Å²) >= 11 is 1.25. The number of amides is 2. The van der Waals surface area contributed by atoms with E-state index in [0.29, 0.717) is 29.2 Å². The van der Waals surface area contributed by atoms with Gasteiger partial charge in [-0.3, -0.25) is 9.59 Å². The van der Waals surface area contributed by atoms with Crippen LogP contribution in [0.2, 0.25) is 0 Å². The van der Waals surface area contributed by atoms with Gasteiger partial charge in [-0.05, 0) is 48.6 Å². The molecular formula is C19H23N3O4S2. The second-order valence-electron chi connectivity index (χ2n) is 6.54. The minimum absolute atomic E-state index is 0.188. The van der Waals surface area contributed by atoms with E-state index in [4.69, 9.17) is 0 Å². The number of thiophene rings is 1. The van der Waals surface area contributed by atoms with E-state index in [1.807, 2.05) is 0 Å². The lowest BCUT2D eigenvalue weighted by molar-refractivity contribution is 0.0964. The second-order valence-corrected chi connectivity index (χ2v) is 9.39. The van der Waals surface area contributed by atoms with E-state index >= 15 is 0 Å². The Bertz CT molecular complexity index is 944. The molecule has 0 atom stereocenters. The summed E-state index contributed by atoms with van der Waals surface area (Å²) in [6, 6.07) is 7.54. The zero-order chi connectivity index (χ0) is 20.1. The molecule has 150 valence electrons. The Balaban J connectivity index is 1.74. The number of hydrogen-bond donors (Lipinski definition) is 2. The highest BCUT2D eigenvalue weighted by molar-refractivity contribution is 7.89. The van der Waals surface area contributed by atoms with E-state index in [0.717, 1.165) is 25.7 Å². The van der Waals surface area contributed by atoms with Gasteiger partial charge in [-0.2, -0.15) is 4.31 Å². The van der Waals surface area contributed by atoms with Gasteiger partial charge in [0.2, 0.25) is 10.0 Å². The van der Waals surface area contributed by atoms with E-state index < -0.39 is 15.9 Å². The van der Waals surface area contributed by atoms with Crippen LogP contribution >= 0.6 is 11.3 Å². The van der Waals surface area contributed by atoms with Crippen molar-refractivity contribution in [1.29, 1.82) is 0 Å². The van der Waals surface area contributed by atoms with Crippen molar-refractivity contribution in [3.8, 4) is 0 Å². The van der Waals surface area contributed by atoms with Gasteiger partial charge >= 0.3 is 0 Å². The van der Waals surface area contributed by atoms with Crippen molar-refractivity contribution in [3.05, 3.63) is 46.8 Å². The number of rotatable bonds is 5. The van der Waals surface area contributed by atoms with E-state index in [1.54, 1.807) is 11.4 Å². The topological polar surface area (TPSA) is 95.6 Å². The van der Waals surface area contributed by atoms with Gasteiger partial charge in [0.15, 0.2) is 0 Å². The molecule has 1 aliphatic rings. The first-order chi connectivity index (χ1) is 13.4. The molecule has 1 aliphatic heterocycles. The molecule has 0 unspecified atom stereocenters. The van der Waals surface area contributed by atoms with Gasteiger partial charge in [0.25, 0.3) is 11.8 Å². The summed E-state index contributed by atoms with van der Waals surface area (Å²) in [6.07, 6.45) is 3.83. The molecule has 1 fully saturated rings. The Morgan fingerprint density at radius 2 is 1.61 bits per heavy atom. The zero-order valence-corrected chi connectivity index (χ0v) is 17.2. The van der Waals surface area contributed by atoms with Crippen molar-refractivity contribution < 1.29 is 18.0 Å². The van der Waals surface area contributed by atoms with Gasteiger partial charge in [-0.25, -0.2) is 8.42 Å². The summed E-state index contributed by atoms with van der Waals surface area (Å²) < 4.78 is 27.1. The fourth-order valence-electron chi connectivity index (χ4n) is 3.10. The molecule has 2 N–H and O–H groups in total. The van der Waals surface area contributed by atoms with Gasteiger partial charge in [-0.15, -0.1) is 11.3 Å². The lowest BCUT2D eigenvalue weighted by Gasteiger charge is -2.20. The average Bonchev–Trinajstić information content (AvgIpc) is 2.98. The lowest BCUT2D eigenvalue weighted by atomic mass is 10.2. The van der Waals surface area contributed by atoms with E-state index in [2.05, 4.69) is 10.6 Å². The largest absolute Gasteiger partial charge is 0.355 e. The molecule has 1 aromatic carbocycles. The molecule has 2 heterocycles. The Hall–Kier alpha value is -2.23. The highest BCUT2D eigenvalue weighted by Gasteiger charge is 2.25. The normalized spacial score (nSPS) is 15.6. The maximum atomic E-state index is 12.8. The highest BCUT2D eigenvalue weighted by atomic mass is 32.2. The van der Waals surface area contributed by atoms with Crippen molar-refractivity contribution in [2.45, 2.75) is 30.6 Å². The minimum Gasteiger partial charge on any atom is -0.355 e. The molecule has 0 radical (unpaired) electrons. The van der Waals surface area contributed by atoms with Gasteiger partial charge in [0, 0.05) is 25.7 Å². The number of hydrogen-bond acceptors (Lipinski definition) is 5. The van der Waals surface area contributed by atoms with Crippen molar-refractivity contribution in [1.82, 2.24) is 9.62 Å². The first-order valence-corrected chi connectivity index (χ1v) is 11.5. The maximum absolute atomic E-state index is 12.8. The van der Waals surface area contributed by atoms with E-state index in [-0.39, 0.29) is 10.8 Å². The van der Waals surface area contributed by atoms with Gasteiger partial charge in [0.05, 0.1) is 10.5 Å². The SMILES string of the molecule is CNC(=O)c1ccsc1NC(=O)c1ccc(S(=O)(=O)N2CCCCCC2)cc1. The fraction of sp³-hybridized carbons (Fsp3) is 0.368. The molecule has 0 bridgehead atoms. The van der Waals surface area contributed by atoms with Crippen LogP contribution in [0.3, 0.4) is 0 Å². The van der Waals surface area contributed by atoms with Gasteiger partial charge < -0.3 is 10.6 Å². The average molecular weight is 422 g/mol. The molecule has 1 aromatic heterocycles. The zero-order valence-electron chi connectivity index (χ0n) is 15.6. The number of nitrogens with zero attached hydrogens (tertiary/aromatic N) is 1. The first kappa shape index (κ1) is 20.5. The van der Waals surface area contributed by atoms with Gasteiger partial charge in [0.1, 0.15) is 5.00 Å². The molecule has 3 rings (SSSR count). The van der Waals surface area contributed by atoms with Gasteiger partial charge in [-0.1, -0.05) is 12.8 Å². The van der Waals surface area contributed by atoms with Crippen molar-refractivity contribution >= 4 is 38.2 Å². The van der Waals surface area contributed by atoms with Crippen molar-refractivity contribution in [3.63, 3.8) is 0 Å². The van der Waals surface area contributed by atoms with Crippen LogP contribution in [0.1, 0.15) is 46.4 Å². The van der Waals surface area contributed by atoms with E-state index in [9.17, 15) is 18.0 Å². The summed E-state index contributed by atoms with van der Waals surface area (Å²) in [5, 5.41) is 7.41. The van der Waals surface area contributed by atoms with Crippen molar-refractivity contribution in [2.75, 3.05) is 25.5 Å². The molecule has 9 heteroatoms. The lowest BCUT2D eigenvalue weighted by Crippen LogP contribution is -2.31. The van der Waals surface area contributed by atoms with Crippen molar-refractivity contribution in [2.24, 2.45) is 0 Å². The Kier molecular flexibility index (Phi) is 6.48. The molecule has 0 spiro atoms. The maximum Gasteiger partial charge on any atom is 0.256 e. The third-order valence-corrected chi connectivity index (χ3v) is 7.43. The quantitative estimate of drug-likeness (QED) is 0.776. The Morgan fingerprint density at radius 1 is 0.964 bits per heavy atom. The minimum atomic E-state index is -3.55. The van der Waals surface area contributed by atoms with Crippen LogP contribution in [0.15, 0.2) is 40.6 Å². The predicted octanol–water partition coefficient (Wildman–Crippen LogP) is 2.92. The molecule has 0 saturated carbocycles. The molecular weight excluding hydrogens is 398 g/mol. The second kappa shape index (κ2) is 8.85. The van der Waals surface area contributed by atoms with E-state index in [1.165, 1.54) is 47.0 Å². The third kappa shape index (κ3) is 4.43. The van der Waals surface area contributed by atoms with Crippen LogP contribution in [0.4, 0.5) is 5.00 Å². The third-order valence-electron chi connectivity index (χ3n) is 4.68. The monoisotopic (exact) mass is 421 g/mol.